The summed E-state index contributed by atoms with van der Waals surface area (Å²) in [5, 5.41) is 2.31. The molecular weight excluding hydrogens is 310 g/mol. The molecule has 124 valence electrons. The Kier molecular flexibility index (Phi) is 3.01. The van der Waals surface area contributed by atoms with Crippen LogP contribution in [0.15, 0.2) is 54.7 Å². The Bertz CT molecular complexity index is 1120. The summed E-state index contributed by atoms with van der Waals surface area (Å²) in [6.45, 7) is 1.41. The fourth-order valence-electron chi connectivity index (χ4n) is 4.05. The van der Waals surface area contributed by atoms with Crippen LogP contribution in [0.5, 0.6) is 0 Å². The van der Waals surface area contributed by atoms with E-state index in [0.29, 0.717) is 6.54 Å². The number of fused-ring (bicyclic) bond motifs is 4. The average molecular weight is 329 g/mol. The van der Waals surface area contributed by atoms with Crippen molar-refractivity contribution in [2.24, 2.45) is 7.05 Å². The zero-order valence-electron chi connectivity index (χ0n) is 14.1. The van der Waals surface area contributed by atoms with Crippen LogP contribution >= 0.6 is 0 Å². The normalized spacial score (nSPS) is 14.2. The number of para-hydroxylation sites is 2. The molecule has 25 heavy (non-hydrogen) atoms. The second-order valence-corrected chi connectivity index (χ2v) is 6.78. The van der Waals surface area contributed by atoms with Gasteiger partial charge in [-0.15, -0.1) is 0 Å². The Morgan fingerprint density at radius 1 is 1.04 bits per heavy atom. The topological polar surface area (TPSA) is 41.0 Å². The predicted octanol–water partition coefficient (Wildman–Crippen LogP) is 3.86. The van der Waals surface area contributed by atoms with Gasteiger partial charge in [0.15, 0.2) is 0 Å². The van der Waals surface area contributed by atoms with E-state index < -0.39 is 0 Å². The highest BCUT2D eigenvalue weighted by atomic mass is 16.2. The molecule has 0 atom stereocenters. The summed E-state index contributed by atoms with van der Waals surface area (Å²) >= 11 is 0. The number of amides is 1. The van der Waals surface area contributed by atoms with Gasteiger partial charge >= 0.3 is 0 Å². The van der Waals surface area contributed by atoms with E-state index in [9.17, 15) is 4.79 Å². The van der Waals surface area contributed by atoms with E-state index in [1.165, 1.54) is 16.6 Å². The molecule has 0 saturated heterocycles. The Labute approximate surface area is 145 Å². The van der Waals surface area contributed by atoms with Crippen LogP contribution in [0.1, 0.15) is 21.6 Å². The van der Waals surface area contributed by atoms with E-state index in [0.717, 1.165) is 34.9 Å². The Morgan fingerprint density at radius 3 is 2.68 bits per heavy atom. The summed E-state index contributed by atoms with van der Waals surface area (Å²) in [7, 11) is 1.99. The largest absolute Gasteiger partial charge is 0.357 e. The monoisotopic (exact) mass is 329 g/mol. The molecule has 1 amide bonds. The molecule has 1 N–H and O–H groups in total. The number of aromatic nitrogens is 2. The van der Waals surface area contributed by atoms with Crippen LogP contribution in [0.2, 0.25) is 0 Å². The molecule has 3 heterocycles. The quantitative estimate of drug-likeness (QED) is 0.566. The summed E-state index contributed by atoms with van der Waals surface area (Å²) in [5.74, 6) is 0.112. The van der Waals surface area contributed by atoms with Crippen LogP contribution < -0.4 is 0 Å². The molecule has 0 spiro atoms. The van der Waals surface area contributed by atoms with Crippen molar-refractivity contribution in [2.75, 3.05) is 6.54 Å². The van der Waals surface area contributed by atoms with Crippen molar-refractivity contribution in [3.05, 3.63) is 71.5 Å². The number of rotatable bonds is 1. The lowest BCUT2D eigenvalue weighted by Gasteiger charge is -2.27. The number of carbonyl (C=O) groups is 1. The van der Waals surface area contributed by atoms with Crippen molar-refractivity contribution in [1.29, 1.82) is 0 Å². The van der Waals surface area contributed by atoms with Gasteiger partial charge in [0.1, 0.15) is 0 Å². The summed E-state index contributed by atoms with van der Waals surface area (Å²) in [4.78, 5) is 18.6. The summed E-state index contributed by atoms with van der Waals surface area (Å²) in [6.07, 6.45) is 2.85. The van der Waals surface area contributed by atoms with Crippen molar-refractivity contribution in [3.8, 4) is 0 Å². The maximum Gasteiger partial charge on any atom is 0.256 e. The number of benzene rings is 2. The first-order valence-electron chi connectivity index (χ1n) is 8.64. The molecule has 4 heteroatoms. The van der Waals surface area contributed by atoms with Gasteiger partial charge in [0.05, 0.1) is 12.1 Å². The van der Waals surface area contributed by atoms with Gasteiger partial charge in [0.2, 0.25) is 0 Å². The van der Waals surface area contributed by atoms with Gasteiger partial charge in [0, 0.05) is 47.3 Å². The molecule has 0 saturated carbocycles. The number of hydrogen-bond acceptors (Lipinski definition) is 1. The third kappa shape index (κ3) is 2.10. The van der Waals surface area contributed by atoms with Crippen molar-refractivity contribution in [1.82, 2.24) is 14.5 Å². The van der Waals surface area contributed by atoms with Crippen LogP contribution in [-0.4, -0.2) is 26.9 Å². The number of hydrogen-bond donors (Lipinski definition) is 1. The second-order valence-electron chi connectivity index (χ2n) is 6.78. The van der Waals surface area contributed by atoms with Crippen molar-refractivity contribution in [2.45, 2.75) is 13.0 Å². The maximum absolute atomic E-state index is 13.2. The van der Waals surface area contributed by atoms with E-state index >= 15 is 0 Å². The third-order valence-electron chi connectivity index (χ3n) is 5.30. The molecule has 0 unspecified atom stereocenters. The molecule has 0 bridgehead atoms. The smallest absolute Gasteiger partial charge is 0.256 e. The molecule has 0 aliphatic carbocycles. The predicted molar refractivity (Wildman–Crippen MR) is 99.7 cm³/mol. The lowest BCUT2D eigenvalue weighted by molar-refractivity contribution is 0.0735. The number of H-pyrrole nitrogens is 1. The molecule has 4 nitrogen and oxygen atoms in total. The number of aryl methyl sites for hydroxylation is 1. The molecule has 2 aromatic carbocycles. The SMILES string of the molecule is Cn1cc(C(=O)N2CCc3c([nH]c4ccccc34)C2)c2ccccc21. The van der Waals surface area contributed by atoms with E-state index in [4.69, 9.17) is 0 Å². The number of aromatic amines is 1. The standard InChI is InChI=1S/C21H19N3O/c1-23-12-17(16-7-3-5-9-20(16)23)21(25)24-11-10-15-14-6-2-4-8-18(14)22-19(15)13-24/h2-9,12,22H,10-11,13H2,1H3. The molecule has 0 fully saturated rings. The Balaban J connectivity index is 1.53. The highest BCUT2D eigenvalue weighted by Gasteiger charge is 2.26. The van der Waals surface area contributed by atoms with Gasteiger partial charge in [-0.1, -0.05) is 36.4 Å². The zero-order valence-corrected chi connectivity index (χ0v) is 14.1. The highest BCUT2D eigenvalue weighted by molar-refractivity contribution is 6.07. The van der Waals surface area contributed by atoms with Crippen LogP contribution in [0.25, 0.3) is 21.8 Å². The minimum atomic E-state index is 0.112. The molecule has 1 aliphatic heterocycles. The van der Waals surface area contributed by atoms with Gasteiger partial charge in [-0.25, -0.2) is 0 Å². The highest BCUT2D eigenvalue weighted by Crippen LogP contribution is 2.29. The maximum atomic E-state index is 13.2. The minimum Gasteiger partial charge on any atom is -0.357 e. The van der Waals surface area contributed by atoms with Gasteiger partial charge in [0.25, 0.3) is 5.91 Å². The first kappa shape index (κ1) is 14.3. The number of carbonyl (C=O) groups excluding carboxylic acids is 1. The van der Waals surface area contributed by atoms with E-state index in [1.54, 1.807) is 0 Å². The average Bonchev–Trinajstić information content (AvgIpc) is 3.19. The van der Waals surface area contributed by atoms with Crippen LogP contribution in [0.4, 0.5) is 0 Å². The summed E-state index contributed by atoms with van der Waals surface area (Å²) in [5.41, 5.74) is 5.57. The lowest BCUT2D eigenvalue weighted by atomic mass is 10.0. The number of nitrogens with one attached hydrogen (secondary N) is 1. The number of nitrogens with zero attached hydrogens (tertiary/aromatic N) is 2. The molecular formula is C21H19N3O. The van der Waals surface area contributed by atoms with Crippen molar-refractivity contribution in [3.63, 3.8) is 0 Å². The van der Waals surface area contributed by atoms with Crippen LogP contribution in [-0.2, 0) is 20.0 Å². The fraction of sp³-hybridized carbons (Fsp3) is 0.190. The van der Waals surface area contributed by atoms with Gasteiger partial charge in [-0.2, -0.15) is 0 Å². The fourth-order valence-corrected chi connectivity index (χ4v) is 4.05. The molecule has 2 aromatic heterocycles. The first-order valence-corrected chi connectivity index (χ1v) is 8.64. The van der Waals surface area contributed by atoms with Gasteiger partial charge < -0.3 is 14.5 Å². The first-order chi connectivity index (χ1) is 12.2. The molecule has 4 aromatic rings. The van der Waals surface area contributed by atoms with E-state index in [1.807, 2.05) is 47.0 Å². The zero-order chi connectivity index (χ0) is 17.0. The van der Waals surface area contributed by atoms with Crippen LogP contribution in [0, 0.1) is 0 Å². The van der Waals surface area contributed by atoms with Gasteiger partial charge in [-0.3, -0.25) is 4.79 Å². The lowest BCUT2D eigenvalue weighted by Crippen LogP contribution is -2.35. The van der Waals surface area contributed by atoms with E-state index in [2.05, 4.69) is 29.2 Å². The van der Waals surface area contributed by atoms with Crippen molar-refractivity contribution >= 4 is 27.7 Å². The molecule has 0 radical (unpaired) electrons. The second kappa shape index (κ2) is 5.24. The molecule has 1 aliphatic rings. The van der Waals surface area contributed by atoms with Crippen LogP contribution in [0.3, 0.4) is 0 Å². The summed E-state index contributed by atoms with van der Waals surface area (Å²) < 4.78 is 2.03. The van der Waals surface area contributed by atoms with Crippen molar-refractivity contribution < 1.29 is 4.79 Å². The minimum absolute atomic E-state index is 0.112. The van der Waals surface area contributed by atoms with Gasteiger partial charge in [-0.05, 0) is 24.1 Å². The Morgan fingerprint density at radius 2 is 1.80 bits per heavy atom. The third-order valence-corrected chi connectivity index (χ3v) is 5.30. The van der Waals surface area contributed by atoms with E-state index in [-0.39, 0.29) is 5.91 Å². The Hall–Kier alpha value is -3.01. The molecule has 5 rings (SSSR count). The summed E-state index contributed by atoms with van der Waals surface area (Å²) in [6, 6.07) is 16.5.